The highest BCUT2D eigenvalue weighted by Crippen LogP contribution is 2.17. The molecular weight excluding hydrogens is 208 g/mol. The second-order valence-corrected chi connectivity index (χ2v) is 5.89. The van der Waals surface area contributed by atoms with Gasteiger partial charge in [0.25, 0.3) is 0 Å². The fraction of sp³-hybridized carbons (Fsp3) is 1.00. The average Bonchev–Trinajstić information content (AvgIpc) is 2.46. The van der Waals surface area contributed by atoms with Gasteiger partial charge in [0.05, 0.1) is 17.5 Å². The molecule has 0 aliphatic carbocycles. The zero-order chi connectivity index (χ0) is 10.9. The first-order valence-electron chi connectivity index (χ1n) is 4.44. The molecule has 1 heterocycles. The summed E-state index contributed by atoms with van der Waals surface area (Å²) in [5.74, 6) is 0. The summed E-state index contributed by atoms with van der Waals surface area (Å²) in [6.45, 7) is 1.44. The van der Waals surface area contributed by atoms with Crippen LogP contribution < -0.4 is 5.73 Å². The largest absolute Gasteiger partial charge is 0.389 e. The predicted octanol–water partition coefficient (Wildman–Crippen LogP) is -2.30. The molecule has 1 fully saturated rings. The van der Waals surface area contributed by atoms with Crippen molar-refractivity contribution in [1.29, 1.82) is 0 Å². The van der Waals surface area contributed by atoms with Gasteiger partial charge < -0.3 is 15.9 Å². The number of aliphatic hydroxyl groups is 2. The van der Waals surface area contributed by atoms with Crippen LogP contribution in [0, 0.1) is 0 Å². The molecule has 0 amide bonds. The molecule has 14 heavy (non-hydrogen) atoms. The maximum absolute atomic E-state index is 11.7. The van der Waals surface area contributed by atoms with Crippen molar-refractivity contribution in [3.8, 4) is 0 Å². The smallest absolute Gasteiger partial charge is 0.218 e. The zero-order valence-corrected chi connectivity index (χ0v) is 8.81. The maximum Gasteiger partial charge on any atom is 0.218 e. The second kappa shape index (κ2) is 4.11. The van der Waals surface area contributed by atoms with E-state index in [1.54, 1.807) is 0 Å². The van der Waals surface area contributed by atoms with Crippen molar-refractivity contribution >= 4 is 10.0 Å². The van der Waals surface area contributed by atoms with Crippen LogP contribution in [0.3, 0.4) is 0 Å². The quantitative estimate of drug-likeness (QED) is 0.500. The van der Waals surface area contributed by atoms with Gasteiger partial charge in [0.2, 0.25) is 10.0 Å². The highest BCUT2D eigenvalue weighted by Gasteiger charge is 2.38. The molecule has 0 saturated carbocycles. The van der Waals surface area contributed by atoms with Gasteiger partial charge in [0.1, 0.15) is 0 Å². The van der Waals surface area contributed by atoms with E-state index in [-0.39, 0.29) is 19.6 Å². The summed E-state index contributed by atoms with van der Waals surface area (Å²) in [6.07, 6.45) is -1.98. The van der Waals surface area contributed by atoms with Gasteiger partial charge in [-0.2, -0.15) is 4.31 Å². The van der Waals surface area contributed by atoms with Crippen LogP contribution >= 0.6 is 0 Å². The minimum Gasteiger partial charge on any atom is -0.389 e. The SMILES string of the molecule is CC(CN)S(=O)(=O)N1CC(O)C(O)C1. The van der Waals surface area contributed by atoms with Crippen LogP contribution in [0.1, 0.15) is 6.92 Å². The fourth-order valence-electron chi connectivity index (χ4n) is 1.32. The highest BCUT2D eigenvalue weighted by atomic mass is 32.2. The van der Waals surface area contributed by atoms with Crippen molar-refractivity contribution in [2.24, 2.45) is 5.73 Å². The lowest BCUT2D eigenvalue weighted by atomic mass is 10.3. The summed E-state index contributed by atoms with van der Waals surface area (Å²) in [5.41, 5.74) is 5.26. The Morgan fingerprint density at radius 2 is 1.86 bits per heavy atom. The molecule has 0 aromatic carbocycles. The van der Waals surface area contributed by atoms with Gasteiger partial charge in [-0.1, -0.05) is 0 Å². The topological polar surface area (TPSA) is 104 Å². The van der Waals surface area contributed by atoms with Gasteiger partial charge in [0.15, 0.2) is 0 Å². The lowest BCUT2D eigenvalue weighted by molar-refractivity contribution is 0.0572. The summed E-state index contributed by atoms with van der Waals surface area (Å²) in [5, 5.41) is 17.7. The Hall–Kier alpha value is -0.210. The van der Waals surface area contributed by atoms with Crippen molar-refractivity contribution in [1.82, 2.24) is 4.31 Å². The van der Waals surface area contributed by atoms with E-state index in [1.807, 2.05) is 0 Å². The first-order valence-corrected chi connectivity index (χ1v) is 5.95. The molecule has 3 atom stereocenters. The minimum atomic E-state index is -3.47. The van der Waals surface area contributed by atoms with Crippen LogP contribution in [0.4, 0.5) is 0 Å². The first kappa shape index (κ1) is 11.9. The van der Waals surface area contributed by atoms with Crippen molar-refractivity contribution in [2.45, 2.75) is 24.4 Å². The highest BCUT2D eigenvalue weighted by molar-refractivity contribution is 7.89. The van der Waals surface area contributed by atoms with E-state index in [4.69, 9.17) is 5.73 Å². The summed E-state index contributed by atoms with van der Waals surface area (Å²) < 4.78 is 24.4. The number of rotatable bonds is 3. The molecule has 3 unspecified atom stereocenters. The number of β-amino-alcohol motifs (C(OH)–C–C–N with tert-alkyl or cyclic N) is 2. The van der Waals surface area contributed by atoms with Crippen LogP contribution in [0.25, 0.3) is 0 Å². The van der Waals surface area contributed by atoms with Crippen molar-refractivity contribution in [2.75, 3.05) is 19.6 Å². The zero-order valence-electron chi connectivity index (χ0n) is 8.00. The number of nitrogens with two attached hydrogens (primary N) is 1. The molecule has 1 saturated heterocycles. The number of hydrogen-bond acceptors (Lipinski definition) is 5. The molecule has 1 aliphatic rings. The number of aliphatic hydroxyl groups excluding tert-OH is 2. The molecule has 0 spiro atoms. The molecule has 1 aliphatic heterocycles. The average molecular weight is 224 g/mol. The molecule has 6 nitrogen and oxygen atoms in total. The van der Waals surface area contributed by atoms with E-state index < -0.39 is 27.5 Å². The molecule has 4 N–H and O–H groups in total. The summed E-state index contributed by atoms with van der Waals surface area (Å²) in [4.78, 5) is 0. The van der Waals surface area contributed by atoms with E-state index in [9.17, 15) is 18.6 Å². The van der Waals surface area contributed by atoms with Gasteiger partial charge in [-0.25, -0.2) is 8.42 Å². The molecule has 0 aromatic rings. The monoisotopic (exact) mass is 224 g/mol. The third-order valence-corrected chi connectivity index (χ3v) is 4.65. The van der Waals surface area contributed by atoms with Crippen molar-refractivity contribution < 1.29 is 18.6 Å². The summed E-state index contributed by atoms with van der Waals surface area (Å²) in [6, 6.07) is 0. The molecule has 7 heteroatoms. The fourth-order valence-corrected chi connectivity index (χ4v) is 2.79. The Morgan fingerprint density at radius 3 is 2.21 bits per heavy atom. The number of hydrogen-bond donors (Lipinski definition) is 3. The van der Waals surface area contributed by atoms with E-state index in [0.717, 1.165) is 4.31 Å². The van der Waals surface area contributed by atoms with Crippen LogP contribution in [0.5, 0.6) is 0 Å². The Kier molecular flexibility index (Phi) is 3.49. The lowest BCUT2D eigenvalue weighted by Crippen LogP contribution is -2.40. The van der Waals surface area contributed by atoms with Crippen molar-refractivity contribution in [3.05, 3.63) is 0 Å². The summed E-state index contributed by atoms with van der Waals surface area (Å²) in [7, 11) is -3.47. The molecule has 0 bridgehead atoms. The third kappa shape index (κ3) is 2.06. The van der Waals surface area contributed by atoms with Crippen molar-refractivity contribution in [3.63, 3.8) is 0 Å². The molecule has 1 rings (SSSR count). The minimum absolute atomic E-state index is 0.0328. The molecule has 0 radical (unpaired) electrons. The van der Waals surface area contributed by atoms with E-state index >= 15 is 0 Å². The van der Waals surface area contributed by atoms with E-state index in [1.165, 1.54) is 6.92 Å². The normalized spacial score (nSPS) is 32.0. The third-order valence-electron chi connectivity index (χ3n) is 2.43. The van der Waals surface area contributed by atoms with E-state index in [0.29, 0.717) is 0 Å². The van der Waals surface area contributed by atoms with Gasteiger partial charge in [-0.3, -0.25) is 0 Å². The second-order valence-electron chi connectivity index (χ2n) is 3.54. The van der Waals surface area contributed by atoms with Gasteiger partial charge in [-0.15, -0.1) is 0 Å². The first-order chi connectivity index (χ1) is 6.39. The molecule has 0 aromatic heterocycles. The Bertz CT molecular complexity index is 282. The van der Waals surface area contributed by atoms with Crippen LogP contribution in [0.2, 0.25) is 0 Å². The van der Waals surface area contributed by atoms with E-state index in [2.05, 4.69) is 0 Å². The Balaban J connectivity index is 2.76. The number of sulfonamides is 1. The van der Waals surface area contributed by atoms with Gasteiger partial charge in [-0.05, 0) is 6.92 Å². The Morgan fingerprint density at radius 1 is 1.43 bits per heavy atom. The summed E-state index contributed by atoms with van der Waals surface area (Å²) >= 11 is 0. The van der Waals surface area contributed by atoms with Gasteiger partial charge in [0, 0.05) is 19.6 Å². The van der Waals surface area contributed by atoms with Gasteiger partial charge >= 0.3 is 0 Å². The molecular formula is C7H16N2O4S. The maximum atomic E-state index is 11.7. The Labute approximate surface area is 83.4 Å². The van der Waals surface area contributed by atoms with Crippen LogP contribution in [-0.2, 0) is 10.0 Å². The number of nitrogens with zero attached hydrogens (tertiary/aromatic N) is 1. The predicted molar refractivity (Wildman–Crippen MR) is 51.0 cm³/mol. The van der Waals surface area contributed by atoms with Crippen LogP contribution in [0.15, 0.2) is 0 Å². The lowest BCUT2D eigenvalue weighted by Gasteiger charge is -2.19. The van der Waals surface area contributed by atoms with Crippen LogP contribution in [-0.4, -0.2) is 60.0 Å². The standard InChI is InChI=1S/C7H16N2O4S/c1-5(2-8)14(12,13)9-3-6(10)7(11)4-9/h5-7,10-11H,2-4,8H2,1H3. The molecule has 84 valence electrons.